The van der Waals surface area contributed by atoms with Crippen LogP contribution in [0.15, 0.2) is 18.2 Å². The maximum Gasteiger partial charge on any atom is 0.318 e. The van der Waals surface area contributed by atoms with E-state index in [1.54, 1.807) is 0 Å². The molecule has 4 nitrogen and oxygen atoms in total. The van der Waals surface area contributed by atoms with Gasteiger partial charge < -0.3 is 14.9 Å². The van der Waals surface area contributed by atoms with Crippen molar-refractivity contribution in [2.45, 2.75) is 138 Å². The number of ether oxygens (including phenoxy) is 1. The summed E-state index contributed by atoms with van der Waals surface area (Å²) in [5.74, 6) is 0.249. The van der Waals surface area contributed by atoms with E-state index in [1.807, 2.05) is 18.2 Å². The van der Waals surface area contributed by atoms with E-state index in [4.69, 9.17) is 4.74 Å². The Balaban J connectivity index is 2.59. The van der Waals surface area contributed by atoms with Crippen molar-refractivity contribution in [1.29, 1.82) is 0 Å². The van der Waals surface area contributed by atoms with Crippen molar-refractivity contribution < 1.29 is 19.7 Å². The number of benzene rings is 1. The van der Waals surface area contributed by atoms with E-state index < -0.39 is 16.6 Å². The smallest absolute Gasteiger partial charge is 0.318 e. The average Bonchev–Trinajstić information content (AvgIpc) is 3.28. The number of rotatable bonds is 13. The number of carbonyl (C=O) groups excluding carboxylic acids is 1. The minimum atomic E-state index is -1.01. The Hall–Kier alpha value is -1.39. The van der Waals surface area contributed by atoms with Gasteiger partial charge in [0.1, 0.15) is 5.75 Å². The molecule has 1 saturated carbocycles. The van der Waals surface area contributed by atoms with Gasteiger partial charge in [0.25, 0.3) is 0 Å². The lowest BCUT2D eigenvalue weighted by Crippen LogP contribution is -2.32. The van der Waals surface area contributed by atoms with Gasteiger partial charge in [-0.3, -0.25) is 4.79 Å². The van der Waals surface area contributed by atoms with Gasteiger partial charge in [-0.1, -0.05) is 88.0 Å². The van der Waals surface area contributed by atoms with Gasteiger partial charge in [0, 0.05) is 0 Å². The molecule has 0 aliphatic heterocycles. The third-order valence-electron chi connectivity index (χ3n) is 7.98. The zero-order valence-electron chi connectivity index (χ0n) is 24.0. The van der Waals surface area contributed by atoms with Crippen LogP contribution in [0.4, 0.5) is 0 Å². The zero-order valence-corrected chi connectivity index (χ0v) is 24.0. The van der Waals surface area contributed by atoms with Crippen LogP contribution in [0.5, 0.6) is 5.75 Å². The van der Waals surface area contributed by atoms with E-state index in [0.717, 1.165) is 49.7 Å². The highest BCUT2D eigenvalue weighted by molar-refractivity contribution is 5.84. The van der Waals surface area contributed by atoms with Gasteiger partial charge in [-0.2, -0.15) is 0 Å². The second kappa shape index (κ2) is 10.9. The van der Waals surface area contributed by atoms with Crippen LogP contribution in [0.1, 0.15) is 138 Å². The molecule has 0 saturated heterocycles. The molecule has 1 atom stereocenters. The first kappa shape index (κ1) is 29.8. The molecule has 1 aromatic carbocycles. The fraction of sp³-hybridized carbons (Fsp3) is 0.774. The van der Waals surface area contributed by atoms with Crippen molar-refractivity contribution in [3.8, 4) is 5.75 Å². The van der Waals surface area contributed by atoms with Crippen molar-refractivity contribution in [1.82, 2.24) is 0 Å². The fourth-order valence-electron chi connectivity index (χ4n) is 6.22. The number of esters is 1. The van der Waals surface area contributed by atoms with E-state index in [0.29, 0.717) is 31.4 Å². The predicted molar refractivity (Wildman–Crippen MR) is 144 cm³/mol. The third-order valence-corrected chi connectivity index (χ3v) is 7.98. The van der Waals surface area contributed by atoms with Crippen LogP contribution in [0.3, 0.4) is 0 Å². The monoisotopic (exact) mass is 488 g/mol. The molecule has 2 rings (SSSR count). The maximum absolute atomic E-state index is 13.7. The average molecular weight is 489 g/mol. The SMILES string of the molecule is CCCC(O)(CCC)c1cc(OC(=O)C2(CC(C)(C)C)CC2(C)C)cc(C(O)(CCC)CCC)c1. The first-order valence-corrected chi connectivity index (χ1v) is 13.9. The van der Waals surface area contributed by atoms with E-state index >= 15 is 0 Å². The molecule has 1 fully saturated rings. The molecule has 0 aromatic heterocycles. The summed E-state index contributed by atoms with van der Waals surface area (Å²) in [5, 5.41) is 23.4. The highest BCUT2D eigenvalue weighted by Crippen LogP contribution is 2.68. The molecule has 4 heteroatoms. The Bertz CT molecular complexity index is 811. The Morgan fingerprint density at radius 3 is 1.49 bits per heavy atom. The van der Waals surface area contributed by atoms with E-state index in [2.05, 4.69) is 62.3 Å². The van der Waals surface area contributed by atoms with Gasteiger partial charge in [-0.05, 0) is 78.7 Å². The molecule has 0 spiro atoms. The molecular weight excluding hydrogens is 436 g/mol. The molecular formula is C31H52O4. The summed E-state index contributed by atoms with van der Waals surface area (Å²) in [6, 6.07) is 5.64. The number of hydrogen-bond acceptors (Lipinski definition) is 4. The van der Waals surface area contributed by atoms with Gasteiger partial charge in [0.15, 0.2) is 0 Å². The Labute approximate surface area is 214 Å². The minimum absolute atomic E-state index is 0.00477. The summed E-state index contributed by atoms with van der Waals surface area (Å²) in [6.45, 7) is 19.1. The first-order chi connectivity index (χ1) is 16.1. The second-order valence-corrected chi connectivity index (χ2v) is 13.1. The molecule has 200 valence electrons. The summed E-state index contributed by atoms with van der Waals surface area (Å²) >= 11 is 0. The van der Waals surface area contributed by atoms with Gasteiger partial charge in [0.2, 0.25) is 0 Å². The summed E-state index contributed by atoms with van der Waals surface area (Å²) in [6.07, 6.45) is 7.44. The van der Waals surface area contributed by atoms with Crippen molar-refractivity contribution in [2.75, 3.05) is 0 Å². The Morgan fingerprint density at radius 1 is 0.829 bits per heavy atom. The largest absolute Gasteiger partial charge is 0.426 e. The van der Waals surface area contributed by atoms with Crippen LogP contribution < -0.4 is 4.74 Å². The lowest BCUT2D eigenvalue weighted by atomic mass is 9.78. The molecule has 0 radical (unpaired) electrons. The van der Waals surface area contributed by atoms with Crippen molar-refractivity contribution in [3.63, 3.8) is 0 Å². The molecule has 0 bridgehead atoms. The first-order valence-electron chi connectivity index (χ1n) is 13.9. The van der Waals surface area contributed by atoms with Crippen LogP contribution in [-0.2, 0) is 16.0 Å². The lowest BCUT2D eigenvalue weighted by molar-refractivity contribution is -0.143. The highest BCUT2D eigenvalue weighted by Gasteiger charge is 2.68. The molecule has 1 unspecified atom stereocenters. The van der Waals surface area contributed by atoms with Crippen LogP contribution in [0.2, 0.25) is 0 Å². The molecule has 0 heterocycles. The third kappa shape index (κ3) is 6.68. The summed E-state index contributed by atoms with van der Waals surface area (Å²) < 4.78 is 6.15. The number of carbonyl (C=O) groups is 1. The molecule has 2 N–H and O–H groups in total. The van der Waals surface area contributed by atoms with Gasteiger partial charge >= 0.3 is 5.97 Å². The zero-order chi connectivity index (χ0) is 26.7. The summed E-state index contributed by atoms with van der Waals surface area (Å²) in [4.78, 5) is 13.7. The maximum atomic E-state index is 13.7. The van der Waals surface area contributed by atoms with E-state index in [9.17, 15) is 15.0 Å². The normalized spacial score (nSPS) is 20.1. The van der Waals surface area contributed by atoms with Crippen molar-refractivity contribution in [3.05, 3.63) is 29.3 Å². The predicted octanol–water partition coefficient (Wildman–Crippen LogP) is 8.02. The van der Waals surface area contributed by atoms with Crippen LogP contribution in [0, 0.1) is 16.2 Å². The van der Waals surface area contributed by atoms with Crippen LogP contribution >= 0.6 is 0 Å². The van der Waals surface area contributed by atoms with Crippen molar-refractivity contribution >= 4 is 5.97 Å². The lowest BCUT2D eigenvalue weighted by Gasteiger charge is -2.33. The minimum Gasteiger partial charge on any atom is -0.426 e. The molecule has 1 aromatic rings. The second-order valence-electron chi connectivity index (χ2n) is 13.1. The number of hydrogen-bond donors (Lipinski definition) is 2. The van der Waals surface area contributed by atoms with E-state index in [-0.39, 0.29) is 16.8 Å². The van der Waals surface area contributed by atoms with Crippen LogP contribution in [-0.4, -0.2) is 16.2 Å². The summed E-state index contributed by atoms with van der Waals surface area (Å²) in [5.41, 5.74) is -1.14. The summed E-state index contributed by atoms with van der Waals surface area (Å²) in [7, 11) is 0. The standard InChI is InChI=1S/C31H52O4/c1-10-14-30(33,15-11-2)23-18-24(31(34,16-12-3)17-13-4)20-25(19-23)35-26(32)29(21-27(5,6)7)22-28(29,8)9/h18-20,33-34H,10-17,21-22H2,1-9H3. The van der Waals surface area contributed by atoms with Crippen LogP contribution in [0.25, 0.3) is 0 Å². The fourth-order valence-corrected chi connectivity index (χ4v) is 6.22. The van der Waals surface area contributed by atoms with Gasteiger partial charge in [-0.15, -0.1) is 0 Å². The molecule has 1 aliphatic rings. The highest BCUT2D eigenvalue weighted by atomic mass is 16.5. The molecule has 35 heavy (non-hydrogen) atoms. The molecule has 1 aliphatic carbocycles. The Kier molecular flexibility index (Phi) is 9.31. The van der Waals surface area contributed by atoms with Gasteiger partial charge in [-0.25, -0.2) is 0 Å². The topological polar surface area (TPSA) is 66.8 Å². The van der Waals surface area contributed by atoms with Gasteiger partial charge in [0.05, 0.1) is 16.6 Å². The number of aliphatic hydroxyl groups is 2. The van der Waals surface area contributed by atoms with Crippen molar-refractivity contribution in [2.24, 2.45) is 16.2 Å². The quantitative estimate of drug-likeness (QED) is 0.218. The Morgan fingerprint density at radius 2 is 1.20 bits per heavy atom. The molecule has 0 amide bonds. The van der Waals surface area contributed by atoms with E-state index in [1.165, 1.54) is 0 Å².